The van der Waals surface area contributed by atoms with Crippen molar-refractivity contribution in [2.75, 3.05) is 18.3 Å². The van der Waals surface area contributed by atoms with E-state index in [0.29, 0.717) is 0 Å². The molecule has 0 aromatic carbocycles. The molecule has 0 radical (unpaired) electrons. The standard InChI is InChI=1S/C8H8ClN3O4S/c1-16-12-6(7(14)15)4-3-17-8(10-4)11-5(13)2-9/h3H,2H2,1H3,(H,14,15)(H,10,11,13)/p-1/b12-6+. The molecular formula is C8H7ClN3O4S-. The maximum absolute atomic E-state index is 11.0. The van der Waals surface area contributed by atoms with Crippen molar-refractivity contribution in [2.24, 2.45) is 5.16 Å². The predicted molar refractivity (Wildman–Crippen MR) is 60.0 cm³/mol. The van der Waals surface area contributed by atoms with Crippen LogP contribution in [0.4, 0.5) is 5.13 Å². The van der Waals surface area contributed by atoms with Crippen molar-refractivity contribution in [3.8, 4) is 0 Å². The first-order chi connectivity index (χ1) is 8.08. The molecule has 9 heteroatoms. The number of aliphatic carboxylic acids is 1. The maximum Gasteiger partial charge on any atom is 0.241 e. The number of carbonyl (C=O) groups excluding carboxylic acids is 2. The van der Waals surface area contributed by atoms with E-state index in [-0.39, 0.29) is 16.7 Å². The van der Waals surface area contributed by atoms with Crippen LogP contribution >= 0.6 is 22.9 Å². The van der Waals surface area contributed by atoms with Gasteiger partial charge >= 0.3 is 0 Å². The molecule has 1 amide bonds. The van der Waals surface area contributed by atoms with Crippen molar-refractivity contribution in [1.82, 2.24) is 4.98 Å². The van der Waals surface area contributed by atoms with Crippen LogP contribution in [0.15, 0.2) is 10.5 Å². The molecule has 1 N–H and O–H groups in total. The number of nitrogens with zero attached hydrogens (tertiary/aromatic N) is 2. The van der Waals surface area contributed by atoms with Crippen LogP contribution in [0.5, 0.6) is 0 Å². The Bertz CT molecular complexity index is 459. The molecule has 17 heavy (non-hydrogen) atoms. The van der Waals surface area contributed by atoms with Gasteiger partial charge in [-0.2, -0.15) is 0 Å². The van der Waals surface area contributed by atoms with Crippen LogP contribution in [0, 0.1) is 0 Å². The van der Waals surface area contributed by atoms with E-state index < -0.39 is 17.6 Å². The van der Waals surface area contributed by atoms with Crippen molar-refractivity contribution >= 4 is 45.7 Å². The smallest absolute Gasteiger partial charge is 0.241 e. The highest BCUT2D eigenvalue weighted by molar-refractivity contribution is 7.14. The summed E-state index contributed by atoms with van der Waals surface area (Å²) >= 11 is 6.32. The Balaban J connectivity index is 2.89. The first-order valence-corrected chi connectivity index (χ1v) is 5.64. The van der Waals surface area contributed by atoms with Gasteiger partial charge in [-0.05, 0) is 0 Å². The van der Waals surface area contributed by atoms with Crippen molar-refractivity contribution < 1.29 is 19.5 Å². The summed E-state index contributed by atoms with van der Waals surface area (Å²) in [5.41, 5.74) is -0.406. The number of alkyl halides is 1. The molecule has 0 saturated carbocycles. The summed E-state index contributed by atoms with van der Waals surface area (Å²) in [6.45, 7) is 0. The molecule has 1 aromatic heterocycles. The van der Waals surface area contributed by atoms with Gasteiger partial charge in [-0.25, -0.2) is 4.98 Å². The van der Waals surface area contributed by atoms with E-state index in [1.54, 1.807) is 0 Å². The van der Waals surface area contributed by atoms with Crippen LogP contribution < -0.4 is 10.4 Å². The van der Waals surface area contributed by atoms with Gasteiger partial charge in [0, 0.05) is 5.38 Å². The van der Waals surface area contributed by atoms with E-state index in [4.69, 9.17) is 11.6 Å². The molecule has 0 fully saturated rings. The second-order valence-electron chi connectivity index (χ2n) is 2.63. The summed E-state index contributed by atoms with van der Waals surface area (Å²) in [5, 5.41) is 18.0. The van der Waals surface area contributed by atoms with Gasteiger partial charge in [0.15, 0.2) is 10.8 Å². The van der Waals surface area contributed by atoms with Gasteiger partial charge in [0.2, 0.25) is 5.91 Å². The van der Waals surface area contributed by atoms with E-state index in [1.165, 1.54) is 12.5 Å². The van der Waals surface area contributed by atoms with Gasteiger partial charge < -0.3 is 20.1 Å². The highest BCUT2D eigenvalue weighted by Crippen LogP contribution is 2.16. The minimum atomic E-state index is -1.52. The summed E-state index contributed by atoms with van der Waals surface area (Å²) in [6.07, 6.45) is 0. The van der Waals surface area contributed by atoms with Crippen molar-refractivity contribution in [3.63, 3.8) is 0 Å². The second-order valence-corrected chi connectivity index (χ2v) is 3.75. The number of rotatable bonds is 5. The van der Waals surface area contributed by atoms with E-state index in [2.05, 4.69) is 20.3 Å². The Morgan fingerprint density at radius 1 is 1.71 bits per heavy atom. The van der Waals surface area contributed by atoms with Gasteiger partial charge in [0.05, 0.1) is 5.97 Å². The molecular weight excluding hydrogens is 270 g/mol. The Labute approximate surface area is 105 Å². The Morgan fingerprint density at radius 3 is 2.94 bits per heavy atom. The van der Waals surface area contributed by atoms with E-state index in [0.717, 1.165) is 11.3 Å². The molecule has 0 spiro atoms. The maximum atomic E-state index is 11.0. The minimum Gasteiger partial charge on any atom is -0.543 e. The number of carboxylic acids is 1. The molecule has 1 rings (SSSR count). The molecule has 7 nitrogen and oxygen atoms in total. The van der Waals surface area contributed by atoms with Gasteiger partial charge in [0.25, 0.3) is 0 Å². The second kappa shape index (κ2) is 6.16. The number of nitrogens with one attached hydrogen (secondary N) is 1. The third-order valence-electron chi connectivity index (χ3n) is 1.49. The molecule has 1 heterocycles. The van der Waals surface area contributed by atoms with Crippen LogP contribution in [0.25, 0.3) is 0 Å². The molecule has 0 aliphatic carbocycles. The number of anilines is 1. The third kappa shape index (κ3) is 3.68. The van der Waals surface area contributed by atoms with E-state index in [1.807, 2.05) is 0 Å². The monoisotopic (exact) mass is 276 g/mol. The van der Waals surface area contributed by atoms with Crippen LogP contribution in [-0.4, -0.2) is 35.6 Å². The Kier molecular flexibility index (Phi) is 4.85. The zero-order valence-corrected chi connectivity index (χ0v) is 10.2. The number of hydrogen-bond donors (Lipinski definition) is 1. The number of aromatic nitrogens is 1. The topological polar surface area (TPSA) is 104 Å². The number of amides is 1. The fraction of sp³-hybridized carbons (Fsp3) is 0.250. The zero-order chi connectivity index (χ0) is 12.8. The molecule has 0 atom stereocenters. The number of carbonyl (C=O) groups is 2. The SMILES string of the molecule is CO/N=C(/C(=O)[O-])c1csc(NC(=O)CCl)n1. The molecule has 0 bridgehead atoms. The van der Waals surface area contributed by atoms with Crippen molar-refractivity contribution in [1.29, 1.82) is 0 Å². The first kappa shape index (κ1) is 13.4. The number of halogens is 1. The Hall–Kier alpha value is -1.67. The number of oxime groups is 1. The van der Waals surface area contributed by atoms with Crippen molar-refractivity contribution in [2.45, 2.75) is 0 Å². The lowest BCUT2D eigenvalue weighted by Gasteiger charge is -2.02. The molecule has 92 valence electrons. The van der Waals surface area contributed by atoms with Gasteiger partial charge in [-0.15, -0.1) is 22.9 Å². The summed E-state index contributed by atoms with van der Waals surface area (Å²) < 4.78 is 0. The van der Waals surface area contributed by atoms with E-state index in [9.17, 15) is 14.7 Å². The number of hydrogen-bond acceptors (Lipinski definition) is 7. The Morgan fingerprint density at radius 2 is 2.41 bits per heavy atom. The molecule has 0 unspecified atom stereocenters. The third-order valence-corrected chi connectivity index (χ3v) is 2.49. The fourth-order valence-corrected chi connectivity index (χ4v) is 1.65. The van der Waals surface area contributed by atoms with Crippen LogP contribution in [-0.2, 0) is 14.4 Å². The minimum absolute atomic E-state index is 0.0433. The van der Waals surface area contributed by atoms with Crippen molar-refractivity contribution in [3.05, 3.63) is 11.1 Å². The number of thiazole rings is 1. The normalized spacial score (nSPS) is 11.1. The van der Waals surface area contributed by atoms with Crippen LogP contribution in [0.3, 0.4) is 0 Å². The summed E-state index contributed by atoms with van der Waals surface area (Å²) in [7, 11) is 1.20. The molecule has 0 saturated heterocycles. The largest absolute Gasteiger partial charge is 0.543 e. The van der Waals surface area contributed by atoms with Crippen LogP contribution in [0.2, 0.25) is 0 Å². The number of carboxylic acid groups (broad SMARTS) is 1. The van der Waals surface area contributed by atoms with Gasteiger partial charge in [-0.1, -0.05) is 5.16 Å². The molecule has 0 aliphatic rings. The lowest BCUT2D eigenvalue weighted by atomic mass is 10.3. The quantitative estimate of drug-likeness (QED) is 0.440. The fourth-order valence-electron chi connectivity index (χ4n) is 0.872. The average molecular weight is 277 g/mol. The summed E-state index contributed by atoms with van der Waals surface area (Å²) in [6, 6.07) is 0. The molecule has 1 aromatic rings. The highest BCUT2D eigenvalue weighted by atomic mass is 35.5. The lowest BCUT2D eigenvalue weighted by Crippen LogP contribution is -2.32. The lowest BCUT2D eigenvalue weighted by molar-refractivity contribution is -0.294. The average Bonchev–Trinajstić information content (AvgIpc) is 2.73. The van der Waals surface area contributed by atoms with Gasteiger partial charge in [-0.3, -0.25) is 4.79 Å². The zero-order valence-electron chi connectivity index (χ0n) is 8.60. The highest BCUT2D eigenvalue weighted by Gasteiger charge is 2.12. The summed E-state index contributed by atoms with van der Waals surface area (Å²) in [4.78, 5) is 29.9. The summed E-state index contributed by atoms with van der Waals surface area (Å²) in [5.74, 6) is -2.17. The molecule has 0 aliphatic heterocycles. The van der Waals surface area contributed by atoms with Crippen LogP contribution in [0.1, 0.15) is 5.69 Å². The van der Waals surface area contributed by atoms with Gasteiger partial charge in [0.1, 0.15) is 18.7 Å². The predicted octanol–water partition coefficient (Wildman–Crippen LogP) is -0.579. The first-order valence-electron chi connectivity index (χ1n) is 4.22. The van der Waals surface area contributed by atoms with E-state index >= 15 is 0 Å².